The summed E-state index contributed by atoms with van der Waals surface area (Å²) in [6.45, 7) is 0. The third kappa shape index (κ3) is 6.36. The van der Waals surface area contributed by atoms with E-state index in [1.54, 1.807) is 6.19 Å². The molecule has 0 radical (unpaired) electrons. The van der Waals surface area contributed by atoms with E-state index in [9.17, 15) is 0 Å². The third-order valence-electron chi connectivity index (χ3n) is 0.759. The summed E-state index contributed by atoms with van der Waals surface area (Å²) in [7, 11) is 0. The Balaban J connectivity index is 3.75. The second-order valence-corrected chi connectivity index (χ2v) is 4.38. The van der Waals surface area contributed by atoms with Crippen molar-refractivity contribution in [3.63, 3.8) is 0 Å². The van der Waals surface area contributed by atoms with Crippen LogP contribution in [0.3, 0.4) is 0 Å². The van der Waals surface area contributed by atoms with E-state index in [4.69, 9.17) is 22.1 Å². The molecular weight excluding hydrogens is 214 g/mol. The number of halogens is 1. The molecule has 0 atom stereocenters. The van der Waals surface area contributed by atoms with Crippen molar-refractivity contribution >= 4 is 39.5 Å². The number of hydrogen-bond acceptors (Lipinski definition) is 5. The SMILES string of the molecule is N#CCCSC(=NC#N)SCCl. The van der Waals surface area contributed by atoms with Gasteiger partial charge in [0.05, 0.1) is 11.3 Å². The van der Waals surface area contributed by atoms with E-state index in [0.717, 1.165) is 0 Å². The lowest BCUT2D eigenvalue weighted by molar-refractivity contribution is 1.25. The van der Waals surface area contributed by atoms with Crippen LogP contribution in [0.2, 0.25) is 0 Å². The topological polar surface area (TPSA) is 59.9 Å². The Kier molecular flexibility index (Phi) is 8.47. The lowest BCUT2D eigenvalue weighted by atomic mass is 10.6. The van der Waals surface area contributed by atoms with E-state index >= 15 is 0 Å². The molecule has 0 rings (SSSR count). The number of nitriles is 2. The minimum Gasteiger partial charge on any atom is -0.198 e. The maximum Gasteiger partial charge on any atom is 0.207 e. The highest BCUT2D eigenvalue weighted by Gasteiger charge is 1.99. The van der Waals surface area contributed by atoms with Gasteiger partial charge in [-0.15, -0.1) is 11.6 Å². The van der Waals surface area contributed by atoms with Gasteiger partial charge in [0.2, 0.25) is 6.19 Å². The lowest BCUT2D eigenvalue weighted by Crippen LogP contribution is -1.87. The molecule has 0 aliphatic heterocycles. The van der Waals surface area contributed by atoms with Gasteiger partial charge in [0, 0.05) is 12.2 Å². The molecule has 0 unspecified atom stereocenters. The number of aliphatic imine (C=N–C) groups is 1. The van der Waals surface area contributed by atoms with E-state index in [0.29, 0.717) is 21.8 Å². The third-order valence-corrected chi connectivity index (χ3v) is 2.99. The van der Waals surface area contributed by atoms with Crippen LogP contribution >= 0.6 is 35.1 Å². The Morgan fingerprint density at radius 3 is 2.67 bits per heavy atom. The van der Waals surface area contributed by atoms with Gasteiger partial charge >= 0.3 is 0 Å². The fourth-order valence-electron chi connectivity index (χ4n) is 0.378. The summed E-state index contributed by atoms with van der Waals surface area (Å²) in [6, 6.07) is 2.01. The molecule has 0 aliphatic rings. The number of hydrogen-bond donors (Lipinski definition) is 0. The van der Waals surface area contributed by atoms with Gasteiger partial charge in [-0.2, -0.15) is 15.5 Å². The first-order valence-electron chi connectivity index (χ1n) is 3.00. The highest BCUT2D eigenvalue weighted by atomic mass is 35.5. The molecule has 0 aromatic heterocycles. The van der Waals surface area contributed by atoms with Crippen molar-refractivity contribution in [2.45, 2.75) is 6.42 Å². The first-order chi connectivity index (χ1) is 5.85. The summed E-state index contributed by atoms with van der Waals surface area (Å²) in [5, 5.41) is 16.9. The molecule has 0 N–H and O–H groups in total. The molecule has 6 heteroatoms. The molecule has 0 aromatic rings. The van der Waals surface area contributed by atoms with Gasteiger partial charge < -0.3 is 0 Å². The predicted octanol–water partition coefficient (Wildman–Crippen LogP) is 2.40. The second kappa shape index (κ2) is 8.73. The van der Waals surface area contributed by atoms with Crippen LogP contribution < -0.4 is 0 Å². The van der Waals surface area contributed by atoms with Crippen LogP contribution in [0, 0.1) is 22.8 Å². The Bertz CT molecular complexity index is 228. The molecule has 0 fully saturated rings. The van der Waals surface area contributed by atoms with E-state index in [1.165, 1.54) is 23.5 Å². The molecule has 0 spiro atoms. The molecule has 0 heterocycles. The minimum atomic E-state index is 0.375. The first-order valence-corrected chi connectivity index (χ1v) is 5.51. The van der Waals surface area contributed by atoms with Gasteiger partial charge in [-0.05, 0) is 0 Å². The van der Waals surface area contributed by atoms with Crippen molar-refractivity contribution in [1.82, 2.24) is 0 Å². The summed E-state index contributed by atoms with van der Waals surface area (Å²) in [5.74, 6) is 0.654. The van der Waals surface area contributed by atoms with Gasteiger partial charge in [-0.25, -0.2) is 0 Å². The van der Waals surface area contributed by atoms with Crippen molar-refractivity contribution in [3.8, 4) is 12.3 Å². The van der Waals surface area contributed by atoms with Crippen LogP contribution in [0.15, 0.2) is 4.99 Å². The van der Waals surface area contributed by atoms with Gasteiger partial charge in [0.15, 0.2) is 0 Å². The smallest absolute Gasteiger partial charge is 0.198 e. The van der Waals surface area contributed by atoms with Crippen LogP contribution in [0.5, 0.6) is 0 Å². The molecule has 64 valence electrons. The fourth-order valence-corrected chi connectivity index (χ4v) is 2.31. The van der Waals surface area contributed by atoms with Crippen molar-refractivity contribution in [2.24, 2.45) is 4.99 Å². The van der Waals surface area contributed by atoms with Crippen LogP contribution in [-0.2, 0) is 0 Å². The van der Waals surface area contributed by atoms with Crippen molar-refractivity contribution in [3.05, 3.63) is 0 Å². The quantitative estimate of drug-likeness (QED) is 0.241. The molecule has 12 heavy (non-hydrogen) atoms. The standard InChI is InChI=1S/C6H6ClN3S2/c7-4-12-6(10-5-9)11-3-1-2-8/h1,3-4H2. The minimum absolute atomic E-state index is 0.375. The average molecular weight is 220 g/mol. The Labute approximate surface area is 84.8 Å². The van der Waals surface area contributed by atoms with E-state index in [2.05, 4.69) is 4.99 Å². The Morgan fingerprint density at radius 1 is 1.42 bits per heavy atom. The summed E-state index contributed by atoms with van der Waals surface area (Å²) in [4.78, 5) is 3.54. The normalized spacial score (nSPS) is 10.4. The number of thioether (sulfide) groups is 2. The zero-order valence-corrected chi connectivity index (χ0v) is 8.55. The summed E-state index contributed by atoms with van der Waals surface area (Å²) < 4.78 is 0.628. The maximum atomic E-state index is 8.25. The molecule has 3 nitrogen and oxygen atoms in total. The van der Waals surface area contributed by atoms with Crippen molar-refractivity contribution < 1.29 is 0 Å². The van der Waals surface area contributed by atoms with Gasteiger partial charge in [0.1, 0.15) is 4.38 Å². The van der Waals surface area contributed by atoms with Crippen LogP contribution in [0.1, 0.15) is 6.42 Å². The number of alkyl halides is 1. The molecular formula is C6H6ClN3S2. The van der Waals surface area contributed by atoms with Gasteiger partial charge in [-0.3, -0.25) is 0 Å². The van der Waals surface area contributed by atoms with Crippen LogP contribution in [0.4, 0.5) is 0 Å². The highest BCUT2D eigenvalue weighted by molar-refractivity contribution is 8.39. The molecule has 0 bridgehead atoms. The predicted molar refractivity (Wildman–Crippen MR) is 54.0 cm³/mol. The molecule has 0 saturated carbocycles. The molecule has 0 aliphatic carbocycles. The van der Waals surface area contributed by atoms with Crippen molar-refractivity contribution in [2.75, 3.05) is 11.0 Å². The number of nitrogens with zero attached hydrogens (tertiary/aromatic N) is 3. The maximum absolute atomic E-state index is 8.25. The average Bonchev–Trinajstić information content (AvgIpc) is 2.06. The van der Waals surface area contributed by atoms with Crippen molar-refractivity contribution in [1.29, 1.82) is 10.5 Å². The van der Waals surface area contributed by atoms with E-state index in [1.807, 2.05) is 6.07 Å². The van der Waals surface area contributed by atoms with Crippen LogP contribution in [0.25, 0.3) is 0 Å². The lowest BCUT2D eigenvalue weighted by Gasteiger charge is -1.97. The van der Waals surface area contributed by atoms with Crippen LogP contribution in [-0.4, -0.2) is 15.3 Å². The van der Waals surface area contributed by atoms with E-state index in [-0.39, 0.29) is 0 Å². The van der Waals surface area contributed by atoms with E-state index < -0.39 is 0 Å². The summed E-state index contributed by atoms with van der Waals surface area (Å²) >= 11 is 8.12. The first kappa shape index (κ1) is 11.6. The van der Waals surface area contributed by atoms with Gasteiger partial charge in [-0.1, -0.05) is 23.5 Å². The molecule has 0 saturated heterocycles. The largest absolute Gasteiger partial charge is 0.207 e. The zero-order valence-electron chi connectivity index (χ0n) is 6.16. The zero-order chi connectivity index (χ0) is 9.23. The monoisotopic (exact) mass is 219 g/mol. The highest BCUT2D eigenvalue weighted by Crippen LogP contribution is 2.18. The molecule has 0 amide bonds. The fraction of sp³-hybridized carbons (Fsp3) is 0.500. The Morgan fingerprint density at radius 2 is 2.17 bits per heavy atom. The van der Waals surface area contributed by atoms with Gasteiger partial charge in [0.25, 0.3) is 0 Å². The Hall–Kier alpha value is -0.360. The summed E-state index contributed by atoms with van der Waals surface area (Å²) in [6.07, 6.45) is 2.14. The summed E-state index contributed by atoms with van der Waals surface area (Å²) in [5.41, 5.74) is 0. The number of rotatable bonds is 3. The molecule has 0 aromatic carbocycles. The second-order valence-electron chi connectivity index (χ2n) is 1.49.